The highest BCUT2D eigenvalue weighted by molar-refractivity contribution is 5.99. The summed E-state index contributed by atoms with van der Waals surface area (Å²) in [5.41, 5.74) is 0.325. The second-order valence-corrected chi connectivity index (χ2v) is 5.45. The van der Waals surface area contributed by atoms with E-state index in [9.17, 15) is 9.59 Å². The number of methoxy groups -OCH3 is 2. The van der Waals surface area contributed by atoms with E-state index in [-0.39, 0.29) is 23.3 Å². The average molecular weight is 354 g/mol. The van der Waals surface area contributed by atoms with E-state index in [4.69, 9.17) is 18.6 Å². The van der Waals surface area contributed by atoms with E-state index in [2.05, 4.69) is 0 Å². The Morgan fingerprint density at radius 1 is 1.00 bits per heavy atom. The fraction of sp³-hybridized carbons (Fsp3) is 0.200. The van der Waals surface area contributed by atoms with Gasteiger partial charge >= 0.3 is 5.97 Å². The minimum Gasteiger partial charge on any atom is -0.497 e. The van der Waals surface area contributed by atoms with Crippen molar-refractivity contribution in [2.45, 2.75) is 6.92 Å². The predicted molar refractivity (Wildman–Crippen MR) is 97.0 cm³/mol. The number of ether oxygens (including phenoxy) is 3. The van der Waals surface area contributed by atoms with Gasteiger partial charge in [0.25, 0.3) is 0 Å². The maximum atomic E-state index is 13.0. The first kappa shape index (κ1) is 17.5. The van der Waals surface area contributed by atoms with Gasteiger partial charge in [-0.3, -0.25) is 4.79 Å². The summed E-state index contributed by atoms with van der Waals surface area (Å²) < 4.78 is 21.3. The third kappa shape index (κ3) is 3.13. The molecule has 0 aliphatic rings. The lowest BCUT2D eigenvalue weighted by atomic mass is 10.0. The highest BCUT2D eigenvalue weighted by atomic mass is 16.5. The Balaban J connectivity index is 2.30. The summed E-state index contributed by atoms with van der Waals surface area (Å²) in [6.45, 7) is 1.83. The number of benzene rings is 2. The van der Waals surface area contributed by atoms with Gasteiger partial charge in [0.15, 0.2) is 11.3 Å². The fourth-order valence-electron chi connectivity index (χ4n) is 2.64. The van der Waals surface area contributed by atoms with Gasteiger partial charge in [0.1, 0.15) is 17.1 Å². The molecule has 6 nitrogen and oxygen atoms in total. The number of hydrogen-bond acceptors (Lipinski definition) is 6. The van der Waals surface area contributed by atoms with Crippen LogP contribution in [0.2, 0.25) is 0 Å². The lowest BCUT2D eigenvalue weighted by molar-refractivity contribution is 0.0524. The molecule has 0 fully saturated rings. The molecule has 0 aliphatic carbocycles. The molecule has 3 aromatic rings. The third-order valence-electron chi connectivity index (χ3n) is 3.93. The fourth-order valence-corrected chi connectivity index (χ4v) is 2.64. The Morgan fingerprint density at radius 3 is 2.27 bits per heavy atom. The minimum absolute atomic E-state index is 0.141. The number of rotatable bonds is 5. The van der Waals surface area contributed by atoms with Crippen LogP contribution >= 0.6 is 0 Å². The molecule has 0 saturated carbocycles. The van der Waals surface area contributed by atoms with Gasteiger partial charge in [0, 0.05) is 5.56 Å². The topological polar surface area (TPSA) is 75.0 Å². The van der Waals surface area contributed by atoms with E-state index in [0.29, 0.717) is 22.6 Å². The normalized spacial score (nSPS) is 10.6. The largest absolute Gasteiger partial charge is 0.497 e. The van der Waals surface area contributed by atoms with Crippen LogP contribution in [-0.2, 0) is 4.74 Å². The van der Waals surface area contributed by atoms with Crippen LogP contribution in [0.3, 0.4) is 0 Å². The first-order valence-electron chi connectivity index (χ1n) is 8.05. The highest BCUT2D eigenvalue weighted by Crippen LogP contribution is 2.29. The molecule has 0 atom stereocenters. The average Bonchev–Trinajstić information content (AvgIpc) is 2.67. The van der Waals surface area contributed by atoms with Crippen LogP contribution in [0, 0.1) is 0 Å². The van der Waals surface area contributed by atoms with Crippen molar-refractivity contribution in [1.29, 1.82) is 0 Å². The summed E-state index contributed by atoms with van der Waals surface area (Å²) in [4.78, 5) is 25.4. The standard InChI is InChI=1S/C20H18O6/c1-4-25-20(22)17-18(21)15-11-14(24-3)9-10-16(15)26-19(17)12-5-7-13(23-2)8-6-12/h5-11H,4H2,1-3H3. The number of carbonyl (C=O) groups is 1. The third-order valence-corrected chi connectivity index (χ3v) is 3.93. The molecule has 1 heterocycles. The molecule has 0 saturated heterocycles. The summed E-state index contributed by atoms with van der Waals surface area (Å²) in [7, 11) is 3.06. The van der Waals surface area contributed by atoms with Crippen LogP contribution in [0.15, 0.2) is 51.7 Å². The van der Waals surface area contributed by atoms with Crippen LogP contribution < -0.4 is 14.9 Å². The Labute approximate surface area is 149 Å². The zero-order valence-corrected chi connectivity index (χ0v) is 14.7. The van der Waals surface area contributed by atoms with Crippen LogP contribution in [-0.4, -0.2) is 26.8 Å². The van der Waals surface area contributed by atoms with Crippen molar-refractivity contribution in [3.63, 3.8) is 0 Å². The van der Waals surface area contributed by atoms with Gasteiger partial charge < -0.3 is 18.6 Å². The molecule has 1 aromatic heterocycles. The van der Waals surface area contributed by atoms with Gasteiger partial charge in [-0.25, -0.2) is 4.79 Å². The molecule has 0 amide bonds. The molecule has 0 bridgehead atoms. The molecule has 0 unspecified atom stereocenters. The second-order valence-electron chi connectivity index (χ2n) is 5.45. The molecule has 0 spiro atoms. The second kappa shape index (κ2) is 7.31. The summed E-state index contributed by atoms with van der Waals surface area (Å²) in [6, 6.07) is 11.8. The maximum absolute atomic E-state index is 13.0. The molecule has 3 rings (SSSR count). The van der Waals surface area contributed by atoms with E-state index in [1.807, 2.05) is 0 Å². The number of hydrogen-bond donors (Lipinski definition) is 0. The quantitative estimate of drug-likeness (QED) is 0.651. The Morgan fingerprint density at radius 2 is 1.65 bits per heavy atom. The lowest BCUT2D eigenvalue weighted by Crippen LogP contribution is -2.19. The predicted octanol–water partition coefficient (Wildman–Crippen LogP) is 3.65. The monoisotopic (exact) mass is 354 g/mol. The first-order valence-corrected chi connectivity index (χ1v) is 8.05. The van der Waals surface area contributed by atoms with E-state index < -0.39 is 11.4 Å². The number of esters is 1. The van der Waals surface area contributed by atoms with Crippen molar-refractivity contribution < 1.29 is 23.4 Å². The lowest BCUT2D eigenvalue weighted by Gasteiger charge is -2.11. The smallest absolute Gasteiger partial charge is 0.346 e. The minimum atomic E-state index is -0.725. The zero-order valence-electron chi connectivity index (χ0n) is 14.7. The van der Waals surface area contributed by atoms with Crippen molar-refractivity contribution in [3.05, 3.63) is 58.3 Å². The Kier molecular flexibility index (Phi) is 4.93. The maximum Gasteiger partial charge on any atom is 0.346 e. The van der Waals surface area contributed by atoms with Gasteiger partial charge in [-0.2, -0.15) is 0 Å². The molecular weight excluding hydrogens is 336 g/mol. The SMILES string of the molecule is CCOC(=O)c1c(-c2ccc(OC)cc2)oc2ccc(OC)cc2c1=O. The molecular formula is C20H18O6. The summed E-state index contributed by atoms with van der Waals surface area (Å²) in [5, 5.41) is 0.254. The summed E-state index contributed by atoms with van der Waals surface area (Å²) in [6.07, 6.45) is 0. The first-order chi connectivity index (χ1) is 12.6. The van der Waals surface area contributed by atoms with E-state index in [1.165, 1.54) is 7.11 Å². The van der Waals surface area contributed by atoms with Crippen LogP contribution in [0.1, 0.15) is 17.3 Å². The van der Waals surface area contributed by atoms with Crippen molar-refractivity contribution >= 4 is 16.9 Å². The van der Waals surface area contributed by atoms with Crippen LogP contribution in [0.4, 0.5) is 0 Å². The van der Waals surface area contributed by atoms with Gasteiger partial charge in [0.2, 0.25) is 5.43 Å². The number of carbonyl (C=O) groups excluding carboxylic acids is 1. The van der Waals surface area contributed by atoms with E-state index >= 15 is 0 Å². The van der Waals surface area contributed by atoms with Gasteiger partial charge in [-0.1, -0.05) is 0 Å². The van der Waals surface area contributed by atoms with Crippen LogP contribution in [0.5, 0.6) is 11.5 Å². The number of fused-ring (bicyclic) bond motifs is 1. The van der Waals surface area contributed by atoms with Gasteiger partial charge in [-0.05, 0) is 49.4 Å². The molecule has 0 N–H and O–H groups in total. The van der Waals surface area contributed by atoms with Crippen molar-refractivity contribution in [1.82, 2.24) is 0 Å². The molecule has 26 heavy (non-hydrogen) atoms. The van der Waals surface area contributed by atoms with Gasteiger partial charge in [-0.15, -0.1) is 0 Å². The van der Waals surface area contributed by atoms with Gasteiger partial charge in [0.05, 0.1) is 26.2 Å². The zero-order chi connectivity index (χ0) is 18.7. The van der Waals surface area contributed by atoms with Crippen molar-refractivity contribution in [2.24, 2.45) is 0 Å². The van der Waals surface area contributed by atoms with Crippen LogP contribution in [0.25, 0.3) is 22.3 Å². The molecule has 2 aromatic carbocycles. The highest BCUT2D eigenvalue weighted by Gasteiger charge is 2.23. The molecule has 0 radical (unpaired) electrons. The summed E-state index contributed by atoms with van der Waals surface area (Å²) in [5.74, 6) is 0.585. The molecule has 134 valence electrons. The Hall–Kier alpha value is -3.28. The Bertz CT molecular complexity index is 1000. The van der Waals surface area contributed by atoms with Crippen molar-refractivity contribution in [2.75, 3.05) is 20.8 Å². The van der Waals surface area contributed by atoms with E-state index in [1.54, 1.807) is 56.5 Å². The summed E-state index contributed by atoms with van der Waals surface area (Å²) >= 11 is 0. The molecule has 0 aliphatic heterocycles. The molecule has 6 heteroatoms. The van der Waals surface area contributed by atoms with Crippen molar-refractivity contribution in [3.8, 4) is 22.8 Å². The van der Waals surface area contributed by atoms with E-state index in [0.717, 1.165) is 0 Å².